The van der Waals surface area contributed by atoms with E-state index in [2.05, 4.69) is 0 Å². The maximum atomic E-state index is 12.1. The highest BCUT2D eigenvalue weighted by Gasteiger charge is 2.30. The molecule has 0 saturated heterocycles. The predicted molar refractivity (Wildman–Crippen MR) is 72.8 cm³/mol. The molecule has 0 amide bonds. The summed E-state index contributed by atoms with van der Waals surface area (Å²) in [5.74, 6) is 0. The van der Waals surface area contributed by atoms with Crippen LogP contribution in [0.1, 0.15) is 12.0 Å². The van der Waals surface area contributed by atoms with E-state index in [4.69, 9.17) is 18.0 Å². The lowest BCUT2D eigenvalue weighted by Crippen LogP contribution is -2.30. The Bertz CT molecular complexity index is 583. The summed E-state index contributed by atoms with van der Waals surface area (Å²) in [6.07, 6.45) is -5.60. The van der Waals surface area contributed by atoms with E-state index in [0.717, 1.165) is 7.05 Å². The number of hydrogen-bond donors (Lipinski definition) is 1. The zero-order valence-electron chi connectivity index (χ0n) is 10.5. The van der Waals surface area contributed by atoms with Gasteiger partial charge in [-0.2, -0.15) is 13.2 Å². The Morgan fingerprint density at radius 2 is 1.80 bits per heavy atom. The van der Waals surface area contributed by atoms with Gasteiger partial charge in [0.05, 0.1) is 11.3 Å². The topological polar surface area (TPSA) is 63.4 Å². The SMILES string of the molecule is CN(CCC(F)(F)F)S(=O)(=O)c1ccc(C(N)=S)cc1. The number of thiocarbonyl (C=S) groups is 1. The maximum Gasteiger partial charge on any atom is 0.390 e. The van der Waals surface area contributed by atoms with Crippen LogP contribution in [0.25, 0.3) is 0 Å². The van der Waals surface area contributed by atoms with Crippen LogP contribution in [0.2, 0.25) is 0 Å². The fourth-order valence-corrected chi connectivity index (χ4v) is 2.68. The van der Waals surface area contributed by atoms with Crippen LogP contribution < -0.4 is 5.73 Å². The van der Waals surface area contributed by atoms with E-state index < -0.39 is 29.2 Å². The molecule has 0 radical (unpaired) electrons. The van der Waals surface area contributed by atoms with Gasteiger partial charge in [-0.25, -0.2) is 12.7 Å². The molecule has 0 unspecified atom stereocenters. The molecule has 1 aromatic carbocycles. The van der Waals surface area contributed by atoms with Crippen molar-refractivity contribution in [3.63, 3.8) is 0 Å². The summed E-state index contributed by atoms with van der Waals surface area (Å²) in [5.41, 5.74) is 5.86. The minimum absolute atomic E-state index is 0.109. The Balaban J connectivity index is 2.90. The number of nitrogens with two attached hydrogens (primary N) is 1. The third-order valence-electron chi connectivity index (χ3n) is 2.56. The van der Waals surface area contributed by atoms with E-state index in [1.165, 1.54) is 24.3 Å². The summed E-state index contributed by atoms with van der Waals surface area (Å²) in [5, 5.41) is 0. The minimum Gasteiger partial charge on any atom is -0.389 e. The van der Waals surface area contributed by atoms with Gasteiger partial charge in [0.15, 0.2) is 0 Å². The Labute approximate surface area is 120 Å². The van der Waals surface area contributed by atoms with Gasteiger partial charge in [0.1, 0.15) is 4.99 Å². The van der Waals surface area contributed by atoms with Crippen LogP contribution in [-0.4, -0.2) is 37.5 Å². The molecule has 1 rings (SSSR count). The average Bonchev–Trinajstić information content (AvgIpc) is 2.35. The number of halogens is 3. The van der Waals surface area contributed by atoms with Crippen molar-refractivity contribution in [3.8, 4) is 0 Å². The maximum absolute atomic E-state index is 12.1. The first-order valence-electron chi connectivity index (χ1n) is 5.47. The second-order valence-electron chi connectivity index (χ2n) is 4.08. The van der Waals surface area contributed by atoms with Crippen LogP contribution in [0, 0.1) is 0 Å². The lowest BCUT2D eigenvalue weighted by molar-refractivity contribution is -0.135. The molecule has 0 aliphatic heterocycles. The minimum atomic E-state index is -4.40. The van der Waals surface area contributed by atoms with E-state index >= 15 is 0 Å². The largest absolute Gasteiger partial charge is 0.390 e. The molecule has 4 nitrogen and oxygen atoms in total. The quantitative estimate of drug-likeness (QED) is 0.840. The van der Waals surface area contributed by atoms with E-state index in [1.54, 1.807) is 0 Å². The van der Waals surface area contributed by atoms with Gasteiger partial charge in [-0.3, -0.25) is 0 Å². The number of benzene rings is 1. The summed E-state index contributed by atoms with van der Waals surface area (Å²) in [4.78, 5) is 0.00143. The number of hydrogen-bond acceptors (Lipinski definition) is 3. The number of rotatable bonds is 5. The molecule has 0 fully saturated rings. The summed E-state index contributed by atoms with van der Waals surface area (Å²) in [7, 11) is -2.85. The van der Waals surface area contributed by atoms with E-state index in [-0.39, 0.29) is 9.88 Å². The summed E-state index contributed by atoms with van der Waals surface area (Å²) >= 11 is 4.73. The molecule has 112 valence electrons. The molecule has 0 aromatic heterocycles. The molecule has 1 aromatic rings. The van der Waals surface area contributed by atoms with Crippen LogP contribution in [0.3, 0.4) is 0 Å². The molecule has 0 aliphatic carbocycles. The smallest absolute Gasteiger partial charge is 0.389 e. The zero-order chi connectivity index (χ0) is 15.6. The molecule has 0 spiro atoms. The first-order valence-corrected chi connectivity index (χ1v) is 7.32. The van der Waals surface area contributed by atoms with Gasteiger partial charge in [-0.1, -0.05) is 24.4 Å². The summed E-state index contributed by atoms with van der Waals surface area (Å²) in [6, 6.07) is 5.33. The van der Waals surface area contributed by atoms with Crippen molar-refractivity contribution in [2.75, 3.05) is 13.6 Å². The molecule has 0 bridgehead atoms. The van der Waals surface area contributed by atoms with Crippen molar-refractivity contribution >= 4 is 27.2 Å². The van der Waals surface area contributed by atoms with Gasteiger partial charge in [0, 0.05) is 19.2 Å². The second-order valence-corrected chi connectivity index (χ2v) is 6.57. The molecule has 0 saturated carbocycles. The standard InChI is InChI=1S/C11H13F3N2O2S2/c1-16(7-6-11(12,13)14)20(17,18)9-4-2-8(3-5-9)10(15)19/h2-5H,6-7H2,1H3,(H2,15,19). The lowest BCUT2D eigenvalue weighted by atomic mass is 10.2. The first-order chi connectivity index (χ1) is 9.04. The molecule has 0 heterocycles. The second kappa shape index (κ2) is 6.06. The van der Waals surface area contributed by atoms with Crippen molar-refractivity contribution in [3.05, 3.63) is 29.8 Å². The Hall–Kier alpha value is -1.19. The average molecular weight is 326 g/mol. The van der Waals surface area contributed by atoms with Crippen molar-refractivity contribution in [2.24, 2.45) is 5.73 Å². The van der Waals surface area contributed by atoms with E-state index in [1.807, 2.05) is 0 Å². The Kier molecular flexibility index (Phi) is 5.11. The van der Waals surface area contributed by atoms with Crippen molar-refractivity contribution in [2.45, 2.75) is 17.5 Å². The van der Waals surface area contributed by atoms with Crippen LogP contribution in [0.5, 0.6) is 0 Å². The molecule has 0 aliphatic rings. The highest BCUT2D eigenvalue weighted by atomic mass is 32.2. The van der Waals surface area contributed by atoms with Crippen molar-refractivity contribution in [1.82, 2.24) is 4.31 Å². The van der Waals surface area contributed by atoms with Crippen LogP contribution in [-0.2, 0) is 10.0 Å². The molecule has 9 heteroatoms. The number of sulfonamides is 1. The van der Waals surface area contributed by atoms with Gasteiger partial charge >= 0.3 is 6.18 Å². The molecule has 0 atom stereocenters. The van der Waals surface area contributed by atoms with E-state index in [9.17, 15) is 21.6 Å². The normalized spacial score (nSPS) is 12.7. The monoisotopic (exact) mass is 326 g/mol. The number of alkyl halides is 3. The fraction of sp³-hybridized carbons (Fsp3) is 0.364. The van der Waals surface area contributed by atoms with Crippen LogP contribution in [0.15, 0.2) is 29.2 Å². The van der Waals surface area contributed by atoms with Gasteiger partial charge in [-0.15, -0.1) is 0 Å². The molecule has 20 heavy (non-hydrogen) atoms. The Morgan fingerprint density at radius 1 is 1.30 bits per heavy atom. The van der Waals surface area contributed by atoms with E-state index in [0.29, 0.717) is 9.87 Å². The van der Waals surface area contributed by atoms with Gasteiger partial charge < -0.3 is 5.73 Å². The molecule has 2 N–H and O–H groups in total. The third kappa shape index (κ3) is 4.43. The van der Waals surface area contributed by atoms with Gasteiger partial charge in [-0.05, 0) is 12.1 Å². The van der Waals surface area contributed by atoms with Crippen LogP contribution >= 0.6 is 12.2 Å². The van der Waals surface area contributed by atoms with Crippen LogP contribution in [0.4, 0.5) is 13.2 Å². The van der Waals surface area contributed by atoms with Crippen molar-refractivity contribution < 1.29 is 21.6 Å². The fourth-order valence-electron chi connectivity index (χ4n) is 1.38. The lowest BCUT2D eigenvalue weighted by Gasteiger charge is -2.18. The summed E-state index contributed by atoms with van der Waals surface area (Å²) in [6.45, 7) is -0.636. The Morgan fingerprint density at radius 3 is 2.20 bits per heavy atom. The third-order valence-corrected chi connectivity index (χ3v) is 4.66. The highest BCUT2D eigenvalue weighted by Crippen LogP contribution is 2.22. The van der Waals surface area contributed by atoms with Gasteiger partial charge in [0.2, 0.25) is 10.0 Å². The first kappa shape index (κ1) is 16.9. The zero-order valence-corrected chi connectivity index (χ0v) is 12.1. The van der Waals surface area contributed by atoms with Gasteiger partial charge in [0.25, 0.3) is 0 Å². The summed E-state index contributed by atoms with van der Waals surface area (Å²) < 4.78 is 61.0. The predicted octanol–water partition coefficient (Wildman–Crippen LogP) is 1.89. The van der Waals surface area contributed by atoms with Crippen molar-refractivity contribution in [1.29, 1.82) is 0 Å². The molecular formula is C11H13F3N2O2S2. The highest BCUT2D eigenvalue weighted by molar-refractivity contribution is 7.89. The molecular weight excluding hydrogens is 313 g/mol. The number of nitrogens with zero attached hydrogens (tertiary/aromatic N) is 1.